The van der Waals surface area contributed by atoms with Crippen molar-refractivity contribution in [1.82, 2.24) is 0 Å². The van der Waals surface area contributed by atoms with Gasteiger partial charge in [0.1, 0.15) is 11.5 Å². The molecule has 1 amide bonds. The highest BCUT2D eigenvalue weighted by atomic mass is 32.2. The zero-order valence-electron chi connectivity index (χ0n) is 15.4. The third-order valence-electron chi connectivity index (χ3n) is 4.12. The number of aryl methyl sites for hydroxylation is 1. The van der Waals surface area contributed by atoms with Crippen LogP contribution >= 0.6 is 0 Å². The van der Waals surface area contributed by atoms with Crippen LogP contribution in [0.15, 0.2) is 42.5 Å². The fraction of sp³-hybridized carbons (Fsp3) is 0.316. The maximum atomic E-state index is 12.8. The lowest BCUT2D eigenvalue weighted by molar-refractivity contribution is -0.122. The molecule has 0 radical (unpaired) electrons. The van der Waals surface area contributed by atoms with Crippen LogP contribution in [-0.2, 0) is 14.8 Å². The molecular formula is C19H22N2O5S. The van der Waals surface area contributed by atoms with Crippen LogP contribution in [0.5, 0.6) is 11.5 Å². The summed E-state index contributed by atoms with van der Waals surface area (Å²) in [4.78, 5) is 12.8. The molecule has 1 atom stereocenters. The summed E-state index contributed by atoms with van der Waals surface area (Å²) >= 11 is 0. The summed E-state index contributed by atoms with van der Waals surface area (Å²) in [5.41, 5.74) is 1.85. The van der Waals surface area contributed by atoms with Gasteiger partial charge >= 0.3 is 0 Å². The number of benzene rings is 2. The van der Waals surface area contributed by atoms with Crippen LogP contribution in [0.2, 0.25) is 0 Å². The van der Waals surface area contributed by atoms with Crippen molar-refractivity contribution >= 4 is 27.3 Å². The molecule has 1 aliphatic rings. The van der Waals surface area contributed by atoms with Crippen molar-refractivity contribution < 1.29 is 22.7 Å². The van der Waals surface area contributed by atoms with Crippen molar-refractivity contribution in [3.05, 3.63) is 48.0 Å². The van der Waals surface area contributed by atoms with Crippen LogP contribution in [0.25, 0.3) is 0 Å². The Balaban J connectivity index is 1.88. The summed E-state index contributed by atoms with van der Waals surface area (Å²) in [5, 5.41) is 2.77. The average molecular weight is 390 g/mol. The molecule has 8 heteroatoms. The molecule has 1 N–H and O–H groups in total. The number of nitrogens with zero attached hydrogens (tertiary/aromatic N) is 1. The lowest BCUT2D eigenvalue weighted by atomic mass is 10.1. The van der Waals surface area contributed by atoms with Crippen LogP contribution in [-0.4, -0.2) is 39.8 Å². The number of anilines is 2. The van der Waals surface area contributed by atoms with Gasteiger partial charge in [0.15, 0.2) is 6.10 Å². The number of carbonyl (C=O) groups excluding carboxylic acids is 1. The van der Waals surface area contributed by atoms with E-state index in [9.17, 15) is 13.2 Å². The Morgan fingerprint density at radius 3 is 2.74 bits per heavy atom. The largest absolute Gasteiger partial charge is 0.492 e. The second kappa shape index (κ2) is 7.48. The number of hydrogen-bond acceptors (Lipinski definition) is 5. The number of para-hydroxylation sites is 2. The number of ether oxygens (including phenoxy) is 2. The van der Waals surface area contributed by atoms with Crippen molar-refractivity contribution in [2.45, 2.75) is 20.0 Å². The second-order valence-corrected chi connectivity index (χ2v) is 8.20. The number of amides is 1. The van der Waals surface area contributed by atoms with Gasteiger partial charge in [-0.25, -0.2) is 8.42 Å². The average Bonchev–Trinajstić information content (AvgIpc) is 2.61. The zero-order chi connectivity index (χ0) is 19.6. The Hall–Kier alpha value is -2.74. The lowest BCUT2D eigenvalue weighted by Crippen LogP contribution is -2.48. The Kier molecular flexibility index (Phi) is 5.27. The van der Waals surface area contributed by atoms with Crippen LogP contribution in [0.1, 0.15) is 12.5 Å². The number of fused-ring (bicyclic) bond motifs is 1. The molecule has 2 aromatic carbocycles. The minimum atomic E-state index is -3.56. The molecule has 0 fully saturated rings. The van der Waals surface area contributed by atoms with E-state index in [0.717, 1.165) is 11.8 Å². The lowest BCUT2D eigenvalue weighted by Gasteiger charge is -2.34. The molecule has 27 heavy (non-hydrogen) atoms. The van der Waals surface area contributed by atoms with E-state index < -0.39 is 22.0 Å². The predicted octanol–water partition coefficient (Wildman–Crippen LogP) is 2.56. The molecule has 0 saturated carbocycles. The van der Waals surface area contributed by atoms with Gasteiger partial charge < -0.3 is 14.8 Å². The van der Waals surface area contributed by atoms with Crippen molar-refractivity contribution in [1.29, 1.82) is 0 Å². The maximum Gasteiger partial charge on any atom is 0.267 e. The molecule has 0 spiro atoms. The van der Waals surface area contributed by atoms with Gasteiger partial charge in [-0.15, -0.1) is 0 Å². The van der Waals surface area contributed by atoms with Crippen LogP contribution in [0.4, 0.5) is 11.4 Å². The molecule has 2 aromatic rings. The molecule has 3 rings (SSSR count). The van der Waals surface area contributed by atoms with Gasteiger partial charge in [-0.2, -0.15) is 0 Å². The first-order valence-corrected chi connectivity index (χ1v) is 10.4. The fourth-order valence-corrected chi connectivity index (χ4v) is 3.78. The topological polar surface area (TPSA) is 84.9 Å². The number of rotatable bonds is 5. The van der Waals surface area contributed by atoms with Gasteiger partial charge in [-0.05, 0) is 43.7 Å². The first kappa shape index (κ1) is 19.0. The number of nitrogens with one attached hydrogen (secondary N) is 1. The van der Waals surface area contributed by atoms with E-state index in [1.165, 1.54) is 4.31 Å². The quantitative estimate of drug-likeness (QED) is 0.848. The smallest absolute Gasteiger partial charge is 0.267 e. The highest BCUT2D eigenvalue weighted by molar-refractivity contribution is 7.92. The summed E-state index contributed by atoms with van der Waals surface area (Å²) < 4.78 is 37.0. The number of hydrogen-bond donors (Lipinski definition) is 1. The van der Waals surface area contributed by atoms with E-state index in [1.807, 2.05) is 26.0 Å². The summed E-state index contributed by atoms with van der Waals surface area (Å²) in [7, 11) is -3.56. The Morgan fingerprint density at radius 2 is 2.04 bits per heavy atom. The van der Waals surface area contributed by atoms with Crippen molar-refractivity contribution in [2.24, 2.45) is 0 Å². The zero-order valence-corrected chi connectivity index (χ0v) is 16.2. The molecule has 0 bridgehead atoms. The third kappa shape index (κ3) is 4.16. The number of carbonyl (C=O) groups is 1. The Morgan fingerprint density at radius 1 is 1.30 bits per heavy atom. The monoisotopic (exact) mass is 390 g/mol. The molecule has 144 valence electrons. The van der Waals surface area contributed by atoms with Gasteiger partial charge in [-0.1, -0.05) is 18.2 Å². The van der Waals surface area contributed by atoms with E-state index in [1.54, 1.807) is 30.3 Å². The predicted molar refractivity (Wildman–Crippen MR) is 104 cm³/mol. The molecule has 1 heterocycles. The van der Waals surface area contributed by atoms with E-state index in [-0.39, 0.29) is 6.54 Å². The highest BCUT2D eigenvalue weighted by Gasteiger charge is 2.35. The summed E-state index contributed by atoms with van der Waals surface area (Å²) in [6.07, 6.45) is 0.133. The van der Waals surface area contributed by atoms with Crippen molar-refractivity contribution in [3.8, 4) is 11.5 Å². The number of sulfonamides is 1. The van der Waals surface area contributed by atoms with Crippen molar-refractivity contribution in [2.75, 3.05) is 29.0 Å². The molecule has 0 unspecified atom stereocenters. The summed E-state index contributed by atoms with van der Waals surface area (Å²) in [6, 6.07) is 12.3. The van der Waals surface area contributed by atoms with Crippen molar-refractivity contribution in [3.63, 3.8) is 0 Å². The Bertz CT molecular complexity index is 958. The first-order valence-electron chi connectivity index (χ1n) is 8.57. The molecular weight excluding hydrogens is 368 g/mol. The second-order valence-electron chi connectivity index (χ2n) is 6.29. The van der Waals surface area contributed by atoms with Gasteiger partial charge in [0, 0.05) is 0 Å². The Labute approximate surface area is 158 Å². The van der Waals surface area contributed by atoms with Crippen LogP contribution in [0, 0.1) is 6.92 Å². The van der Waals surface area contributed by atoms with Crippen LogP contribution < -0.4 is 19.1 Å². The van der Waals surface area contributed by atoms with E-state index in [0.29, 0.717) is 29.5 Å². The molecule has 7 nitrogen and oxygen atoms in total. The minimum absolute atomic E-state index is 0.0993. The van der Waals surface area contributed by atoms with E-state index >= 15 is 0 Å². The maximum absolute atomic E-state index is 12.8. The molecule has 0 aromatic heterocycles. The SMILES string of the molecule is CCOc1ccccc1NC(=O)[C@@H]1CN(S(C)(=O)=O)c2cc(C)ccc2O1. The van der Waals surface area contributed by atoms with E-state index in [2.05, 4.69) is 5.32 Å². The first-order chi connectivity index (χ1) is 12.8. The van der Waals surface area contributed by atoms with Crippen LogP contribution in [0.3, 0.4) is 0 Å². The normalized spacial score (nSPS) is 16.3. The molecule has 0 aliphatic carbocycles. The summed E-state index contributed by atoms with van der Waals surface area (Å²) in [5.74, 6) is 0.456. The van der Waals surface area contributed by atoms with Gasteiger partial charge in [0.25, 0.3) is 5.91 Å². The minimum Gasteiger partial charge on any atom is -0.492 e. The standard InChI is InChI=1S/C19H22N2O5S/c1-4-25-16-8-6-5-7-14(16)20-19(22)18-12-21(27(3,23)24)15-11-13(2)9-10-17(15)26-18/h5-11,18H,4,12H2,1-3H3,(H,20,22)/t18-/m0/s1. The fourth-order valence-electron chi connectivity index (χ4n) is 2.88. The third-order valence-corrected chi connectivity index (χ3v) is 5.27. The summed E-state index contributed by atoms with van der Waals surface area (Å²) in [6.45, 7) is 4.08. The van der Waals surface area contributed by atoms with Gasteiger partial charge in [0.2, 0.25) is 10.0 Å². The molecule has 0 saturated heterocycles. The highest BCUT2D eigenvalue weighted by Crippen LogP contribution is 2.36. The van der Waals surface area contributed by atoms with E-state index in [4.69, 9.17) is 9.47 Å². The van der Waals surface area contributed by atoms with Gasteiger partial charge in [-0.3, -0.25) is 9.10 Å². The molecule has 1 aliphatic heterocycles. The van der Waals surface area contributed by atoms with Gasteiger partial charge in [0.05, 0.1) is 30.8 Å².